The highest BCUT2D eigenvalue weighted by atomic mass is 16.5. The topological polar surface area (TPSA) is 57.7 Å². The molecule has 3 rings (SSSR count). The van der Waals surface area contributed by atoms with Gasteiger partial charge >= 0.3 is 5.97 Å². The van der Waals surface area contributed by atoms with Gasteiger partial charge in [-0.1, -0.05) is 37.6 Å². The van der Waals surface area contributed by atoms with Crippen LogP contribution >= 0.6 is 0 Å². The number of ether oxygens (including phenoxy) is 3. The third-order valence-corrected chi connectivity index (χ3v) is 4.08. The van der Waals surface area contributed by atoms with Crippen LogP contribution < -0.4 is 9.47 Å². The van der Waals surface area contributed by atoms with Gasteiger partial charge in [-0.3, -0.25) is 0 Å². The molecule has 0 N–H and O–H groups in total. The number of carbonyl (C=O) groups excluding carboxylic acids is 1. The molecule has 1 aromatic heterocycles. The number of hydrogen-bond donors (Lipinski definition) is 0. The number of rotatable bonds is 4. The van der Waals surface area contributed by atoms with Crippen LogP contribution in [0.2, 0.25) is 0 Å². The van der Waals surface area contributed by atoms with E-state index in [1.165, 1.54) is 11.1 Å². The molecule has 0 radical (unpaired) electrons. The minimum Gasteiger partial charge on any atom is -0.492 e. The summed E-state index contributed by atoms with van der Waals surface area (Å²) >= 11 is 0. The number of fused-ring (bicyclic) bond motifs is 4. The highest BCUT2D eigenvalue weighted by Gasteiger charge is 2.22. The molecule has 1 aliphatic rings. The Morgan fingerprint density at radius 1 is 1.16 bits per heavy atom. The van der Waals surface area contributed by atoms with Crippen LogP contribution in [-0.2, 0) is 17.6 Å². The van der Waals surface area contributed by atoms with Crippen LogP contribution in [0.4, 0.5) is 0 Å². The lowest BCUT2D eigenvalue weighted by Gasteiger charge is -2.16. The fourth-order valence-corrected chi connectivity index (χ4v) is 2.71. The maximum atomic E-state index is 12.5. The first-order valence-corrected chi connectivity index (χ1v) is 8.77. The molecule has 1 aromatic carbocycles. The van der Waals surface area contributed by atoms with Crippen LogP contribution in [0, 0.1) is 0 Å². The van der Waals surface area contributed by atoms with Gasteiger partial charge in [-0.2, -0.15) is 0 Å². The molecule has 0 amide bonds. The van der Waals surface area contributed by atoms with E-state index >= 15 is 0 Å². The number of esters is 1. The van der Waals surface area contributed by atoms with E-state index < -0.39 is 5.97 Å². The highest BCUT2D eigenvalue weighted by Crippen LogP contribution is 2.28. The second-order valence-electron chi connectivity index (χ2n) is 6.00. The van der Waals surface area contributed by atoms with Crippen molar-refractivity contribution in [3.63, 3.8) is 0 Å². The summed E-state index contributed by atoms with van der Waals surface area (Å²) in [6.07, 6.45) is 4.91. The van der Waals surface area contributed by atoms with E-state index in [2.05, 4.69) is 23.2 Å². The molecule has 132 valence electrons. The Labute approximate surface area is 147 Å². The van der Waals surface area contributed by atoms with Gasteiger partial charge in [-0.15, -0.1) is 0 Å². The van der Waals surface area contributed by atoms with E-state index in [1.54, 1.807) is 12.3 Å². The second kappa shape index (κ2) is 8.51. The van der Waals surface area contributed by atoms with Crippen molar-refractivity contribution in [1.29, 1.82) is 0 Å². The molecular weight excluding hydrogens is 318 g/mol. The molecule has 0 unspecified atom stereocenters. The Morgan fingerprint density at radius 2 is 1.92 bits per heavy atom. The van der Waals surface area contributed by atoms with Gasteiger partial charge in [0, 0.05) is 19.0 Å². The summed E-state index contributed by atoms with van der Waals surface area (Å²) in [4.78, 5) is 16.7. The number of pyridine rings is 1. The maximum absolute atomic E-state index is 12.5. The lowest BCUT2D eigenvalue weighted by atomic mass is 10.1. The number of nitrogens with zero attached hydrogens (tertiary/aromatic N) is 1. The standard InChI is InChI=1S/C20H23NO4/c1-2-3-11-25-20(22)18-17-7-10-21-19(18)24-13-9-16-6-4-5-15(14-16)8-12-23-17/h4-7,10,14H,2-3,8-9,11-13H2,1H3. The Kier molecular flexibility index (Phi) is 5.88. The average molecular weight is 341 g/mol. The molecule has 0 aliphatic carbocycles. The highest BCUT2D eigenvalue weighted by molar-refractivity contribution is 5.95. The Balaban J connectivity index is 1.84. The van der Waals surface area contributed by atoms with E-state index in [0.29, 0.717) is 25.6 Å². The van der Waals surface area contributed by atoms with Gasteiger partial charge in [0.15, 0.2) is 5.56 Å². The number of unbranched alkanes of at least 4 members (excludes halogenated alkanes) is 1. The van der Waals surface area contributed by atoms with Crippen LogP contribution in [-0.4, -0.2) is 30.8 Å². The first-order chi connectivity index (χ1) is 12.3. The molecule has 0 spiro atoms. The smallest absolute Gasteiger partial charge is 0.347 e. The quantitative estimate of drug-likeness (QED) is 0.628. The van der Waals surface area contributed by atoms with Gasteiger partial charge in [0.1, 0.15) is 5.75 Å². The summed E-state index contributed by atoms with van der Waals surface area (Å²) in [5.41, 5.74) is 2.68. The van der Waals surface area contributed by atoms with Crippen LogP contribution in [0.15, 0.2) is 36.5 Å². The van der Waals surface area contributed by atoms with Crippen molar-refractivity contribution in [2.75, 3.05) is 19.8 Å². The summed E-state index contributed by atoms with van der Waals surface area (Å²) in [5.74, 6) is 0.293. The first kappa shape index (κ1) is 17.3. The van der Waals surface area contributed by atoms with E-state index in [-0.39, 0.29) is 11.4 Å². The van der Waals surface area contributed by atoms with Gasteiger partial charge in [0.2, 0.25) is 5.88 Å². The monoisotopic (exact) mass is 341 g/mol. The van der Waals surface area contributed by atoms with Crippen molar-refractivity contribution < 1.29 is 19.0 Å². The van der Waals surface area contributed by atoms with Gasteiger partial charge in [-0.05, 0) is 23.6 Å². The molecule has 1 aliphatic heterocycles. The minimum atomic E-state index is -0.442. The molecule has 0 fully saturated rings. The number of carbonyl (C=O) groups is 1. The zero-order chi connectivity index (χ0) is 17.5. The van der Waals surface area contributed by atoms with E-state index in [1.807, 2.05) is 13.0 Å². The molecule has 0 atom stereocenters. The van der Waals surface area contributed by atoms with Crippen LogP contribution in [0.1, 0.15) is 41.3 Å². The third-order valence-electron chi connectivity index (χ3n) is 4.08. The lowest BCUT2D eigenvalue weighted by Crippen LogP contribution is -2.15. The molecule has 25 heavy (non-hydrogen) atoms. The summed E-state index contributed by atoms with van der Waals surface area (Å²) in [6, 6.07) is 10.0. The molecule has 5 nitrogen and oxygen atoms in total. The predicted octanol–water partition coefficient (Wildman–Crippen LogP) is 3.59. The number of aromatic nitrogens is 1. The van der Waals surface area contributed by atoms with Crippen molar-refractivity contribution in [1.82, 2.24) is 4.98 Å². The van der Waals surface area contributed by atoms with E-state index in [4.69, 9.17) is 14.2 Å². The second-order valence-corrected chi connectivity index (χ2v) is 6.00. The van der Waals surface area contributed by atoms with E-state index in [9.17, 15) is 4.79 Å². The fraction of sp³-hybridized carbons (Fsp3) is 0.400. The van der Waals surface area contributed by atoms with Crippen LogP contribution in [0.25, 0.3) is 0 Å². The molecule has 4 bridgehead atoms. The van der Waals surface area contributed by atoms with Gasteiger partial charge in [-0.25, -0.2) is 9.78 Å². The Bertz CT molecular complexity index is 686. The zero-order valence-corrected chi connectivity index (χ0v) is 14.5. The van der Waals surface area contributed by atoms with Crippen molar-refractivity contribution in [3.8, 4) is 11.6 Å². The summed E-state index contributed by atoms with van der Waals surface area (Å²) in [5, 5.41) is 0. The number of benzene rings is 1. The molecule has 0 saturated carbocycles. The van der Waals surface area contributed by atoms with Gasteiger partial charge in [0.05, 0.1) is 19.8 Å². The van der Waals surface area contributed by atoms with Crippen molar-refractivity contribution >= 4 is 5.97 Å². The van der Waals surface area contributed by atoms with Gasteiger partial charge in [0.25, 0.3) is 0 Å². The first-order valence-electron chi connectivity index (χ1n) is 8.77. The SMILES string of the molecule is CCCCOC(=O)c1c2ccnc1OCCc1cccc(c1)CCO2. The lowest BCUT2D eigenvalue weighted by molar-refractivity contribution is 0.0489. The van der Waals surface area contributed by atoms with Gasteiger partial charge < -0.3 is 14.2 Å². The normalized spacial score (nSPS) is 13.6. The van der Waals surface area contributed by atoms with Crippen LogP contribution in [0.5, 0.6) is 11.6 Å². The van der Waals surface area contributed by atoms with Crippen molar-refractivity contribution in [2.24, 2.45) is 0 Å². The summed E-state index contributed by atoms with van der Waals surface area (Å²) in [7, 11) is 0. The Morgan fingerprint density at radius 3 is 2.68 bits per heavy atom. The Hall–Kier alpha value is -2.56. The fourth-order valence-electron chi connectivity index (χ4n) is 2.71. The molecule has 2 heterocycles. The minimum absolute atomic E-state index is 0.274. The van der Waals surface area contributed by atoms with Crippen LogP contribution in [0.3, 0.4) is 0 Å². The van der Waals surface area contributed by atoms with Crippen molar-refractivity contribution in [3.05, 3.63) is 53.2 Å². The average Bonchev–Trinajstić information content (AvgIpc) is 2.62. The maximum Gasteiger partial charge on any atom is 0.347 e. The van der Waals surface area contributed by atoms with E-state index in [0.717, 1.165) is 25.7 Å². The molecule has 2 aromatic rings. The molecule has 5 heteroatoms. The largest absolute Gasteiger partial charge is 0.492 e. The third kappa shape index (κ3) is 4.50. The zero-order valence-electron chi connectivity index (χ0n) is 14.5. The summed E-state index contributed by atoms with van der Waals surface area (Å²) in [6.45, 7) is 3.35. The predicted molar refractivity (Wildman–Crippen MR) is 94.3 cm³/mol. The van der Waals surface area contributed by atoms with Crippen molar-refractivity contribution in [2.45, 2.75) is 32.6 Å². The number of hydrogen-bond acceptors (Lipinski definition) is 5. The molecule has 0 saturated heterocycles. The molecular formula is C20H23NO4. The summed E-state index contributed by atoms with van der Waals surface area (Å²) < 4.78 is 17.0.